The second-order valence-electron chi connectivity index (χ2n) is 5.90. The molecule has 3 aromatic carbocycles. The lowest BCUT2D eigenvalue weighted by Gasteiger charge is -2.11. The molecule has 0 unspecified atom stereocenters. The maximum Gasteiger partial charge on any atom is 0.248 e. The van der Waals surface area contributed by atoms with Crippen LogP contribution in [-0.4, -0.2) is 10.9 Å². The fraction of sp³-hybridized carbons (Fsp3) is 0. The number of oxazole rings is 1. The molecule has 0 atom stereocenters. The topological polar surface area (TPSA) is 64.4 Å². The molecule has 0 aliphatic heterocycles. The first-order valence-corrected chi connectivity index (χ1v) is 8.54. The molecule has 0 bridgehead atoms. The van der Waals surface area contributed by atoms with Crippen LogP contribution in [0.4, 0.5) is 10.1 Å². The van der Waals surface area contributed by atoms with E-state index in [1.807, 2.05) is 18.2 Å². The Morgan fingerprint density at radius 2 is 1.86 bits per heavy atom. The van der Waals surface area contributed by atoms with E-state index in [2.05, 4.69) is 10.3 Å². The highest BCUT2D eigenvalue weighted by Gasteiger charge is 2.08. The summed E-state index contributed by atoms with van der Waals surface area (Å²) in [5.41, 5.74) is 1.83. The van der Waals surface area contributed by atoms with Crippen LogP contribution in [0.5, 0.6) is 11.5 Å². The van der Waals surface area contributed by atoms with Crippen LogP contribution in [0.3, 0.4) is 0 Å². The first-order chi connectivity index (χ1) is 13.7. The molecule has 1 amide bonds. The average Bonchev–Trinajstić information content (AvgIpc) is 3.11. The summed E-state index contributed by atoms with van der Waals surface area (Å²) in [6.07, 6.45) is 2.81. The maximum absolute atomic E-state index is 13.3. The van der Waals surface area contributed by atoms with Crippen molar-refractivity contribution in [3.8, 4) is 11.5 Å². The van der Waals surface area contributed by atoms with Gasteiger partial charge in [-0.1, -0.05) is 30.3 Å². The van der Waals surface area contributed by atoms with Gasteiger partial charge in [0.25, 0.3) is 0 Å². The number of aromatic nitrogens is 1. The fourth-order valence-electron chi connectivity index (χ4n) is 2.60. The molecule has 4 aromatic rings. The quantitative estimate of drug-likeness (QED) is 0.474. The summed E-state index contributed by atoms with van der Waals surface area (Å²) in [6.45, 7) is 0. The highest BCUT2D eigenvalue weighted by atomic mass is 19.1. The van der Waals surface area contributed by atoms with Gasteiger partial charge in [-0.05, 0) is 36.4 Å². The van der Waals surface area contributed by atoms with Crippen molar-refractivity contribution < 1.29 is 18.3 Å². The molecule has 6 heteroatoms. The molecule has 138 valence electrons. The number of nitrogens with zero attached hydrogens (tertiary/aromatic N) is 1. The number of carbonyl (C=O) groups excluding carboxylic acids is 1. The van der Waals surface area contributed by atoms with Gasteiger partial charge >= 0.3 is 0 Å². The molecule has 0 aliphatic carbocycles. The minimum Gasteiger partial charge on any atom is -0.455 e. The predicted molar refractivity (Wildman–Crippen MR) is 105 cm³/mol. The number of amides is 1. The number of halogens is 1. The Bertz CT molecular complexity index is 1130. The number of para-hydroxylation sites is 4. The zero-order chi connectivity index (χ0) is 19.3. The predicted octanol–water partition coefficient (Wildman–Crippen LogP) is 5.41. The lowest BCUT2D eigenvalue weighted by molar-refractivity contribution is -0.111. The van der Waals surface area contributed by atoms with Crippen molar-refractivity contribution in [2.45, 2.75) is 0 Å². The zero-order valence-corrected chi connectivity index (χ0v) is 14.6. The molecular weight excluding hydrogens is 359 g/mol. The van der Waals surface area contributed by atoms with Crippen molar-refractivity contribution in [2.75, 3.05) is 5.32 Å². The molecule has 1 N–H and O–H groups in total. The molecule has 5 nitrogen and oxygen atoms in total. The van der Waals surface area contributed by atoms with Crippen LogP contribution in [0.1, 0.15) is 5.89 Å². The van der Waals surface area contributed by atoms with Gasteiger partial charge in [-0.25, -0.2) is 9.37 Å². The van der Waals surface area contributed by atoms with Gasteiger partial charge in [-0.2, -0.15) is 0 Å². The molecular formula is C22H15FN2O3. The zero-order valence-electron chi connectivity index (χ0n) is 14.6. The first-order valence-electron chi connectivity index (χ1n) is 8.54. The molecule has 1 heterocycles. The second-order valence-corrected chi connectivity index (χ2v) is 5.90. The largest absolute Gasteiger partial charge is 0.455 e. The smallest absolute Gasteiger partial charge is 0.248 e. The third-order valence-electron chi connectivity index (χ3n) is 3.86. The van der Waals surface area contributed by atoms with Gasteiger partial charge in [-0.3, -0.25) is 4.79 Å². The molecule has 0 spiro atoms. The molecule has 4 rings (SSSR count). The number of rotatable bonds is 5. The van der Waals surface area contributed by atoms with E-state index < -0.39 is 5.82 Å². The molecule has 0 saturated carbocycles. The minimum atomic E-state index is -0.403. The van der Waals surface area contributed by atoms with E-state index in [1.165, 1.54) is 24.3 Å². The summed E-state index contributed by atoms with van der Waals surface area (Å²) in [5, 5.41) is 2.74. The number of benzene rings is 3. The average molecular weight is 374 g/mol. The van der Waals surface area contributed by atoms with Crippen LogP contribution >= 0.6 is 0 Å². The number of hydrogen-bond acceptors (Lipinski definition) is 4. The molecule has 1 aromatic heterocycles. The lowest BCUT2D eigenvalue weighted by atomic mass is 10.2. The van der Waals surface area contributed by atoms with Gasteiger partial charge in [0, 0.05) is 18.2 Å². The minimum absolute atomic E-state index is 0.334. The van der Waals surface area contributed by atoms with Crippen LogP contribution in [0.25, 0.3) is 17.2 Å². The highest BCUT2D eigenvalue weighted by molar-refractivity contribution is 6.02. The number of hydrogen-bond donors (Lipinski definition) is 1. The summed E-state index contributed by atoms with van der Waals surface area (Å²) in [4.78, 5) is 16.6. The van der Waals surface area contributed by atoms with E-state index in [0.717, 1.165) is 5.52 Å². The van der Waals surface area contributed by atoms with Crippen molar-refractivity contribution in [3.05, 3.63) is 90.6 Å². The van der Waals surface area contributed by atoms with Crippen LogP contribution in [0.2, 0.25) is 0 Å². The summed E-state index contributed by atoms with van der Waals surface area (Å²) >= 11 is 0. The van der Waals surface area contributed by atoms with Gasteiger partial charge in [0.1, 0.15) is 17.1 Å². The van der Waals surface area contributed by atoms with Crippen molar-refractivity contribution in [2.24, 2.45) is 0 Å². The van der Waals surface area contributed by atoms with Gasteiger partial charge in [0.2, 0.25) is 11.8 Å². The Hall–Kier alpha value is -3.93. The van der Waals surface area contributed by atoms with E-state index in [0.29, 0.717) is 28.7 Å². The van der Waals surface area contributed by atoms with Gasteiger partial charge < -0.3 is 14.5 Å². The lowest BCUT2D eigenvalue weighted by Crippen LogP contribution is -2.08. The van der Waals surface area contributed by atoms with E-state index in [9.17, 15) is 9.18 Å². The summed E-state index contributed by atoms with van der Waals surface area (Å²) in [6, 6.07) is 20.0. The van der Waals surface area contributed by atoms with E-state index in [4.69, 9.17) is 9.15 Å². The molecule has 0 saturated heterocycles. The van der Waals surface area contributed by atoms with Crippen molar-refractivity contribution in [1.82, 2.24) is 4.98 Å². The summed E-state index contributed by atoms with van der Waals surface area (Å²) < 4.78 is 24.6. The molecule has 0 aliphatic rings. The third-order valence-corrected chi connectivity index (χ3v) is 3.86. The van der Waals surface area contributed by atoms with Crippen molar-refractivity contribution >= 4 is 28.8 Å². The second kappa shape index (κ2) is 7.75. The van der Waals surface area contributed by atoms with Crippen LogP contribution in [0.15, 0.2) is 83.3 Å². The molecule has 28 heavy (non-hydrogen) atoms. The van der Waals surface area contributed by atoms with Gasteiger partial charge in [-0.15, -0.1) is 0 Å². The Morgan fingerprint density at radius 1 is 1.04 bits per heavy atom. The third kappa shape index (κ3) is 4.07. The Kier molecular flexibility index (Phi) is 4.84. The molecule has 0 fully saturated rings. The van der Waals surface area contributed by atoms with Gasteiger partial charge in [0.15, 0.2) is 11.3 Å². The van der Waals surface area contributed by atoms with Crippen LogP contribution in [0, 0.1) is 5.82 Å². The van der Waals surface area contributed by atoms with Crippen molar-refractivity contribution in [1.29, 1.82) is 0 Å². The number of nitrogens with one attached hydrogen (secondary N) is 1. The maximum atomic E-state index is 13.3. The molecule has 0 radical (unpaired) electrons. The number of ether oxygens (including phenoxy) is 1. The standard InChI is InChI=1S/C22H15FN2O3/c23-15-6-5-7-16(14-15)27-19-10-3-1-8-17(19)24-21(26)12-13-22-25-18-9-2-4-11-20(18)28-22/h1-14H,(H,24,26)/b13-12+. The van der Waals surface area contributed by atoms with Gasteiger partial charge in [0.05, 0.1) is 5.69 Å². The first kappa shape index (κ1) is 17.5. The Morgan fingerprint density at radius 3 is 2.71 bits per heavy atom. The van der Waals surface area contributed by atoms with E-state index in [1.54, 1.807) is 42.5 Å². The highest BCUT2D eigenvalue weighted by Crippen LogP contribution is 2.29. The summed E-state index contributed by atoms with van der Waals surface area (Å²) in [5.74, 6) is 0.291. The van der Waals surface area contributed by atoms with Crippen LogP contribution < -0.4 is 10.1 Å². The number of fused-ring (bicyclic) bond motifs is 1. The monoisotopic (exact) mass is 374 g/mol. The fourth-order valence-corrected chi connectivity index (χ4v) is 2.60. The van der Waals surface area contributed by atoms with Crippen LogP contribution in [-0.2, 0) is 4.79 Å². The number of carbonyl (C=O) groups is 1. The SMILES string of the molecule is O=C(/C=C/c1nc2ccccc2o1)Nc1ccccc1Oc1cccc(F)c1. The number of anilines is 1. The van der Waals surface area contributed by atoms with E-state index in [-0.39, 0.29) is 5.91 Å². The van der Waals surface area contributed by atoms with Crippen molar-refractivity contribution in [3.63, 3.8) is 0 Å². The Balaban J connectivity index is 1.48. The Labute approximate surface area is 160 Å². The summed E-state index contributed by atoms with van der Waals surface area (Å²) in [7, 11) is 0. The van der Waals surface area contributed by atoms with E-state index >= 15 is 0 Å². The normalized spacial score (nSPS) is 11.0.